The lowest BCUT2D eigenvalue weighted by molar-refractivity contribution is 0.0639. The summed E-state index contributed by atoms with van der Waals surface area (Å²) < 4.78 is 27.4. The van der Waals surface area contributed by atoms with Crippen LogP contribution < -0.4 is 5.73 Å². The number of aromatic nitrogens is 1. The van der Waals surface area contributed by atoms with E-state index in [-0.39, 0.29) is 6.42 Å². The zero-order valence-electron chi connectivity index (χ0n) is 9.95. The van der Waals surface area contributed by atoms with Gasteiger partial charge in [-0.2, -0.15) is 0 Å². The van der Waals surface area contributed by atoms with Crippen LogP contribution in [0.5, 0.6) is 0 Å². The van der Waals surface area contributed by atoms with Gasteiger partial charge in [-0.15, -0.1) is 0 Å². The minimum Gasteiger partial charge on any atom is -0.351 e. The summed E-state index contributed by atoms with van der Waals surface area (Å²) in [6.45, 7) is 1.38. The van der Waals surface area contributed by atoms with Crippen LogP contribution in [0.3, 0.4) is 0 Å². The first-order valence-corrected chi connectivity index (χ1v) is 5.51. The molecule has 92 valence electrons. The molecule has 17 heavy (non-hydrogen) atoms. The van der Waals surface area contributed by atoms with Crippen molar-refractivity contribution in [2.24, 2.45) is 12.8 Å². The zero-order chi connectivity index (χ0) is 12.6. The largest absolute Gasteiger partial charge is 0.351 e. The van der Waals surface area contributed by atoms with E-state index in [2.05, 4.69) is 0 Å². The maximum atomic E-state index is 12.7. The first-order chi connectivity index (χ1) is 7.90. The lowest BCUT2D eigenvalue weighted by atomic mass is 9.94. The van der Waals surface area contributed by atoms with E-state index < -0.39 is 12.0 Å². The molecule has 1 aromatic carbocycles. The summed E-state index contributed by atoms with van der Waals surface area (Å²) in [6.07, 6.45) is -0.402. The van der Waals surface area contributed by atoms with Gasteiger partial charge in [0.05, 0.1) is 5.54 Å². The molecule has 0 aliphatic carbocycles. The van der Waals surface area contributed by atoms with Crippen molar-refractivity contribution >= 4 is 10.9 Å². The van der Waals surface area contributed by atoms with Crippen LogP contribution >= 0.6 is 0 Å². The molecule has 0 fully saturated rings. The number of aryl methyl sites for hydroxylation is 1. The molecule has 0 amide bonds. The highest BCUT2D eigenvalue weighted by Gasteiger charge is 2.30. The quantitative estimate of drug-likeness (QED) is 0.875. The Bertz CT molecular complexity index is 529. The second kappa shape index (κ2) is 4.11. The van der Waals surface area contributed by atoms with Gasteiger partial charge in [0, 0.05) is 18.8 Å². The molecule has 1 aromatic heterocycles. The number of alkyl halides is 2. The van der Waals surface area contributed by atoms with E-state index in [0.29, 0.717) is 0 Å². The highest BCUT2D eigenvalue weighted by Crippen LogP contribution is 2.22. The van der Waals surface area contributed by atoms with Crippen LogP contribution in [0.2, 0.25) is 0 Å². The fraction of sp³-hybridized carbons (Fsp3) is 0.385. The number of nitrogens with zero attached hydrogens (tertiary/aromatic N) is 1. The molecule has 0 bridgehead atoms. The van der Waals surface area contributed by atoms with Crippen molar-refractivity contribution in [1.82, 2.24) is 4.57 Å². The average Bonchev–Trinajstić information content (AvgIpc) is 2.60. The van der Waals surface area contributed by atoms with E-state index in [1.54, 1.807) is 0 Å². The van der Waals surface area contributed by atoms with E-state index in [1.807, 2.05) is 42.1 Å². The fourth-order valence-corrected chi connectivity index (χ4v) is 1.93. The Kier molecular flexibility index (Phi) is 2.91. The molecule has 0 aliphatic heterocycles. The third kappa shape index (κ3) is 2.31. The summed E-state index contributed by atoms with van der Waals surface area (Å²) in [7, 11) is 1.93. The number of fused-ring (bicyclic) bond motifs is 1. The molecule has 0 aliphatic rings. The molecule has 4 heteroatoms. The Morgan fingerprint density at radius 3 is 2.71 bits per heavy atom. The van der Waals surface area contributed by atoms with Crippen molar-refractivity contribution in [3.05, 3.63) is 36.0 Å². The molecule has 2 N–H and O–H groups in total. The molecule has 1 atom stereocenters. The molecular formula is C13H16F2N2. The molecule has 2 nitrogen and oxygen atoms in total. The lowest BCUT2D eigenvalue weighted by Crippen LogP contribution is -2.45. The van der Waals surface area contributed by atoms with Gasteiger partial charge in [-0.3, -0.25) is 0 Å². The van der Waals surface area contributed by atoms with Gasteiger partial charge in [-0.05, 0) is 36.4 Å². The standard InChI is InChI=1S/C13H16F2N2/c1-13(16,12(14)15)8-9-3-4-10-5-6-17(2)11(10)7-9/h3-7,12H,8,16H2,1-2H3. The van der Waals surface area contributed by atoms with Gasteiger partial charge in [0.1, 0.15) is 0 Å². The SMILES string of the molecule is Cn1ccc2ccc(CC(C)(N)C(F)F)cc21. The van der Waals surface area contributed by atoms with Crippen molar-refractivity contribution in [3.63, 3.8) is 0 Å². The third-order valence-electron chi connectivity index (χ3n) is 3.04. The van der Waals surface area contributed by atoms with E-state index in [0.717, 1.165) is 16.5 Å². The van der Waals surface area contributed by atoms with Gasteiger partial charge in [0.25, 0.3) is 6.43 Å². The Hall–Kier alpha value is -1.42. The first kappa shape index (κ1) is 12.0. The normalized spacial score (nSPS) is 15.4. The summed E-state index contributed by atoms with van der Waals surface area (Å²) in [5.41, 5.74) is 5.99. The predicted molar refractivity (Wildman–Crippen MR) is 65.2 cm³/mol. The summed E-state index contributed by atoms with van der Waals surface area (Å²) in [6, 6.07) is 7.71. The van der Waals surface area contributed by atoms with Crippen molar-refractivity contribution < 1.29 is 8.78 Å². The van der Waals surface area contributed by atoms with Gasteiger partial charge in [-0.25, -0.2) is 8.78 Å². The van der Waals surface area contributed by atoms with Crippen LogP contribution in [0.1, 0.15) is 12.5 Å². The topological polar surface area (TPSA) is 30.9 Å². The molecule has 0 radical (unpaired) electrons. The number of hydrogen-bond donors (Lipinski definition) is 1. The van der Waals surface area contributed by atoms with E-state index in [1.165, 1.54) is 6.92 Å². The Labute approximate surface area is 99.0 Å². The van der Waals surface area contributed by atoms with Crippen LogP contribution in [0.4, 0.5) is 8.78 Å². The number of benzene rings is 1. The van der Waals surface area contributed by atoms with Crippen molar-refractivity contribution in [1.29, 1.82) is 0 Å². The van der Waals surface area contributed by atoms with Crippen LogP contribution in [-0.2, 0) is 13.5 Å². The van der Waals surface area contributed by atoms with Crippen LogP contribution in [-0.4, -0.2) is 16.5 Å². The second-order valence-corrected chi connectivity index (χ2v) is 4.80. The van der Waals surface area contributed by atoms with Crippen LogP contribution in [0, 0.1) is 0 Å². The number of hydrogen-bond acceptors (Lipinski definition) is 1. The molecular weight excluding hydrogens is 222 g/mol. The smallest absolute Gasteiger partial charge is 0.256 e. The first-order valence-electron chi connectivity index (χ1n) is 5.51. The average molecular weight is 238 g/mol. The Morgan fingerprint density at radius 1 is 1.35 bits per heavy atom. The van der Waals surface area contributed by atoms with Crippen LogP contribution in [0.25, 0.3) is 10.9 Å². The molecule has 1 heterocycles. The van der Waals surface area contributed by atoms with Gasteiger partial charge in [0.15, 0.2) is 0 Å². The number of halogens is 2. The molecule has 1 unspecified atom stereocenters. The summed E-state index contributed by atoms with van der Waals surface area (Å²) in [5, 5.41) is 1.10. The maximum absolute atomic E-state index is 12.7. The zero-order valence-corrected chi connectivity index (χ0v) is 9.95. The molecule has 2 aromatic rings. The highest BCUT2D eigenvalue weighted by atomic mass is 19.3. The monoisotopic (exact) mass is 238 g/mol. The third-order valence-corrected chi connectivity index (χ3v) is 3.04. The van der Waals surface area contributed by atoms with Gasteiger partial charge in [-0.1, -0.05) is 12.1 Å². The van der Waals surface area contributed by atoms with E-state index >= 15 is 0 Å². The summed E-state index contributed by atoms with van der Waals surface area (Å²) in [5.74, 6) is 0. The molecule has 0 spiro atoms. The Balaban J connectivity index is 2.34. The van der Waals surface area contributed by atoms with Gasteiger partial charge < -0.3 is 10.3 Å². The summed E-state index contributed by atoms with van der Waals surface area (Å²) >= 11 is 0. The lowest BCUT2D eigenvalue weighted by Gasteiger charge is -2.23. The highest BCUT2D eigenvalue weighted by molar-refractivity contribution is 5.80. The van der Waals surface area contributed by atoms with E-state index in [4.69, 9.17) is 5.73 Å². The maximum Gasteiger partial charge on any atom is 0.256 e. The Morgan fingerprint density at radius 2 is 2.06 bits per heavy atom. The predicted octanol–water partition coefficient (Wildman–Crippen LogP) is 2.70. The van der Waals surface area contributed by atoms with E-state index in [9.17, 15) is 8.78 Å². The molecule has 2 rings (SSSR count). The van der Waals surface area contributed by atoms with Crippen molar-refractivity contribution in [2.75, 3.05) is 0 Å². The molecule has 0 saturated heterocycles. The minimum atomic E-state index is -2.52. The minimum absolute atomic E-state index is 0.172. The number of rotatable bonds is 3. The van der Waals surface area contributed by atoms with Crippen molar-refractivity contribution in [3.8, 4) is 0 Å². The fourth-order valence-electron chi connectivity index (χ4n) is 1.93. The van der Waals surface area contributed by atoms with Gasteiger partial charge >= 0.3 is 0 Å². The second-order valence-electron chi connectivity index (χ2n) is 4.80. The number of nitrogens with two attached hydrogens (primary N) is 1. The van der Waals surface area contributed by atoms with Crippen molar-refractivity contribution in [2.45, 2.75) is 25.3 Å². The van der Waals surface area contributed by atoms with Gasteiger partial charge in [0.2, 0.25) is 0 Å². The molecule has 0 saturated carbocycles. The summed E-state index contributed by atoms with van der Waals surface area (Å²) in [4.78, 5) is 0. The van der Waals surface area contributed by atoms with Crippen LogP contribution in [0.15, 0.2) is 30.5 Å².